The topological polar surface area (TPSA) is 59.2 Å². The van der Waals surface area contributed by atoms with E-state index < -0.39 is 0 Å². The molecular formula is C14H14BrN3O. The molecule has 1 aromatic carbocycles. The molecule has 5 heteroatoms. The average Bonchev–Trinajstić information content (AvgIpc) is 2.44. The Morgan fingerprint density at radius 1 is 1.32 bits per heavy atom. The Bertz CT molecular complexity index is 586. The van der Waals surface area contributed by atoms with Gasteiger partial charge in [0.1, 0.15) is 0 Å². The maximum absolute atomic E-state index is 12.6. The highest BCUT2D eigenvalue weighted by molar-refractivity contribution is 9.10. The minimum absolute atomic E-state index is 0.0899. The van der Waals surface area contributed by atoms with Crippen LogP contribution < -0.4 is 10.6 Å². The van der Waals surface area contributed by atoms with E-state index in [9.17, 15) is 4.79 Å². The van der Waals surface area contributed by atoms with E-state index in [1.165, 1.54) is 0 Å². The van der Waals surface area contributed by atoms with Gasteiger partial charge < -0.3 is 10.6 Å². The molecule has 2 rings (SSSR count). The fourth-order valence-corrected chi connectivity index (χ4v) is 2.26. The summed E-state index contributed by atoms with van der Waals surface area (Å²) >= 11 is 3.37. The van der Waals surface area contributed by atoms with Crippen LogP contribution in [0.4, 0.5) is 11.4 Å². The number of halogens is 1. The molecule has 0 saturated heterocycles. The largest absolute Gasteiger partial charge is 0.398 e. The second-order valence-corrected chi connectivity index (χ2v) is 4.76. The number of nitrogen functional groups attached to an aromatic ring is 1. The summed E-state index contributed by atoms with van der Waals surface area (Å²) in [6.07, 6.45) is 3.33. The summed E-state index contributed by atoms with van der Waals surface area (Å²) in [5.41, 5.74) is 7.73. The first-order valence-corrected chi connectivity index (χ1v) is 6.70. The van der Waals surface area contributed by atoms with Crippen molar-refractivity contribution >= 4 is 33.2 Å². The minimum atomic E-state index is -0.0899. The van der Waals surface area contributed by atoms with Gasteiger partial charge in [-0.25, -0.2) is 0 Å². The number of benzene rings is 1. The number of nitrogens with zero attached hydrogens (tertiary/aromatic N) is 2. The number of nitrogens with two attached hydrogens (primary N) is 1. The number of hydrogen-bond acceptors (Lipinski definition) is 3. The Balaban J connectivity index is 2.39. The third-order valence-electron chi connectivity index (χ3n) is 2.79. The van der Waals surface area contributed by atoms with Gasteiger partial charge in [0.15, 0.2) is 0 Å². The molecule has 0 atom stereocenters. The van der Waals surface area contributed by atoms with Crippen molar-refractivity contribution in [3.05, 3.63) is 52.8 Å². The Morgan fingerprint density at radius 2 is 2.00 bits per heavy atom. The lowest BCUT2D eigenvalue weighted by molar-refractivity contribution is 0.0987. The van der Waals surface area contributed by atoms with Gasteiger partial charge in [0.05, 0.1) is 10.0 Å². The van der Waals surface area contributed by atoms with Gasteiger partial charge in [-0.1, -0.05) is 6.07 Å². The SMILES string of the molecule is CCN(C(=O)c1cccc(N)c1Br)c1ccncc1. The van der Waals surface area contributed by atoms with E-state index >= 15 is 0 Å². The van der Waals surface area contributed by atoms with E-state index in [1.807, 2.05) is 19.1 Å². The molecule has 0 radical (unpaired) electrons. The molecule has 19 heavy (non-hydrogen) atoms. The molecule has 98 valence electrons. The summed E-state index contributed by atoms with van der Waals surface area (Å²) < 4.78 is 0.632. The maximum atomic E-state index is 12.6. The molecule has 0 aliphatic carbocycles. The van der Waals surface area contributed by atoms with Crippen LogP contribution in [0.15, 0.2) is 47.2 Å². The molecule has 4 nitrogen and oxygen atoms in total. The van der Waals surface area contributed by atoms with E-state index in [4.69, 9.17) is 5.73 Å². The Hall–Kier alpha value is -1.88. The van der Waals surface area contributed by atoms with Crippen molar-refractivity contribution in [3.63, 3.8) is 0 Å². The number of amides is 1. The van der Waals surface area contributed by atoms with Crippen LogP contribution in [0.2, 0.25) is 0 Å². The molecule has 0 fully saturated rings. The standard InChI is InChI=1S/C14H14BrN3O/c1-2-18(10-6-8-17-9-7-10)14(19)11-4-3-5-12(16)13(11)15/h3-9H,2,16H2,1H3. The van der Waals surface area contributed by atoms with Crippen molar-refractivity contribution in [3.8, 4) is 0 Å². The molecule has 2 N–H and O–H groups in total. The van der Waals surface area contributed by atoms with Crippen molar-refractivity contribution in [2.24, 2.45) is 0 Å². The molecule has 0 saturated carbocycles. The predicted molar refractivity (Wildman–Crippen MR) is 80.1 cm³/mol. The van der Waals surface area contributed by atoms with Gasteiger partial charge in [-0.05, 0) is 47.1 Å². The van der Waals surface area contributed by atoms with Gasteiger partial charge in [0, 0.05) is 30.3 Å². The van der Waals surface area contributed by atoms with E-state index in [2.05, 4.69) is 20.9 Å². The second kappa shape index (κ2) is 5.84. The second-order valence-electron chi connectivity index (χ2n) is 3.96. The number of hydrogen-bond donors (Lipinski definition) is 1. The van der Waals surface area contributed by atoms with Crippen LogP contribution in [0.25, 0.3) is 0 Å². The van der Waals surface area contributed by atoms with E-state index in [0.717, 1.165) is 5.69 Å². The number of carbonyl (C=O) groups excluding carboxylic acids is 1. The molecule has 0 spiro atoms. The highest BCUT2D eigenvalue weighted by Crippen LogP contribution is 2.26. The summed E-state index contributed by atoms with van der Waals surface area (Å²) in [5, 5.41) is 0. The molecule has 1 amide bonds. The number of aromatic nitrogens is 1. The predicted octanol–water partition coefficient (Wildman–Crippen LogP) is 3.09. The van der Waals surface area contributed by atoms with E-state index in [0.29, 0.717) is 22.3 Å². The van der Waals surface area contributed by atoms with Crippen LogP contribution in [0.3, 0.4) is 0 Å². The number of anilines is 2. The fourth-order valence-electron chi connectivity index (χ4n) is 1.83. The lowest BCUT2D eigenvalue weighted by Gasteiger charge is -2.21. The zero-order chi connectivity index (χ0) is 13.8. The first-order valence-electron chi connectivity index (χ1n) is 5.91. The summed E-state index contributed by atoms with van der Waals surface area (Å²) in [6.45, 7) is 2.50. The zero-order valence-corrected chi connectivity index (χ0v) is 12.1. The zero-order valence-electron chi connectivity index (χ0n) is 10.5. The number of carbonyl (C=O) groups is 1. The van der Waals surface area contributed by atoms with Crippen LogP contribution in [0, 0.1) is 0 Å². The highest BCUT2D eigenvalue weighted by atomic mass is 79.9. The van der Waals surface area contributed by atoms with Crippen molar-refractivity contribution in [2.45, 2.75) is 6.92 Å². The Labute approximate surface area is 120 Å². The Kier molecular flexibility index (Phi) is 4.16. The number of pyridine rings is 1. The average molecular weight is 320 g/mol. The third kappa shape index (κ3) is 2.76. The monoisotopic (exact) mass is 319 g/mol. The van der Waals surface area contributed by atoms with Gasteiger partial charge in [0.25, 0.3) is 5.91 Å². The van der Waals surface area contributed by atoms with E-state index in [1.54, 1.807) is 35.5 Å². The van der Waals surface area contributed by atoms with Crippen molar-refractivity contribution in [1.82, 2.24) is 4.98 Å². The van der Waals surface area contributed by atoms with Crippen molar-refractivity contribution in [2.75, 3.05) is 17.2 Å². The highest BCUT2D eigenvalue weighted by Gasteiger charge is 2.19. The van der Waals surface area contributed by atoms with Gasteiger partial charge in [-0.2, -0.15) is 0 Å². The third-order valence-corrected chi connectivity index (χ3v) is 3.68. The van der Waals surface area contributed by atoms with Crippen LogP contribution in [-0.4, -0.2) is 17.4 Å². The van der Waals surface area contributed by atoms with Gasteiger partial charge in [0.2, 0.25) is 0 Å². The summed E-state index contributed by atoms with van der Waals surface area (Å²) in [5.74, 6) is -0.0899. The fraction of sp³-hybridized carbons (Fsp3) is 0.143. The lowest BCUT2D eigenvalue weighted by Crippen LogP contribution is -2.31. The quantitative estimate of drug-likeness (QED) is 0.884. The van der Waals surface area contributed by atoms with Crippen LogP contribution >= 0.6 is 15.9 Å². The Morgan fingerprint density at radius 3 is 2.63 bits per heavy atom. The minimum Gasteiger partial charge on any atom is -0.398 e. The first kappa shape index (κ1) is 13.5. The van der Waals surface area contributed by atoms with Crippen molar-refractivity contribution in [1.29, 1.82) is 0 Å². The summed E-state index contributed by atoms with van der Waals surface area (Å²) in [6, 6.07) is 8.90. The molecule has 0 bridgehead atoms. The van der Waals surface area contributed by atoms with Gasteiger partial charge >= 0.3 is 0 Å². The molecule has 0 aliphatic heterocycles. The molecule has 1 aromatic heterocycles. The molecular weight excluding hydrogens is 306 g/mol. The van der Waals surface area contributed by atoms with Crippen LogP contribution in [-0.2, 0) is 0 Å². The van der Waals surface area contributed by atoms with Crippen LogP contribution in [0.1, 0.15) is 17.3 Å². The molecule has 0 aliphatic rings. The molecule has 2 aromatic rings. The summed E-state index contributed by atoms with van der Waals surface area (Å²) in [4.78, 5) is 18.2. The van der Waals surface area contributed by atoms with Crippen LogP contribution in [0.5, 0.6) is 0 Å². The van der Waals surface area contributed by atoms with Gasteiger partial charge in [-0.15, -0.1) is 0 Å². The van der Waals surface area contributed by atoms with Gasteiger partial charge in [-0.3, -0.25) is 9.78 Å². The van der Waals surface area contributed by atoms with E-state index in [-0.39, 0.29) is 5.91 Å². The number of rotatable bonds is 3. The maximum Gasteiger partial charge on any atom is 0.259 e. The van der Waals surface area contributed by atoms with Crippen molar-refractivity contribution < 1.29 is 4.79 Å². The smallest absolute Gasteiger partial charge is 0.259 e. The summed E-state index contributed by atoms with van der Waals surface area (Å²) in [7, 11) is 0. The molecule has 0 unspecified atom stereocenters. The lowest BCUT2D eigenvalue weighted by atomic mass is 10.1. The molecule has 1 heterocycles. The first-order chi connectivity index (χ1) is 9.15. The normalized spacial score (nSPS) is 10.2.